The maximum atomic E-state index is 12.3. The molecule has 0 bridgehead atoms. The van der Waals surface area contributed by atoms with E-state index in [9.17, 15) is 4.79 Å². The smallest absolute Gasteiger partial charge is 0.267 e. The molecule has 0 aliphatic rings. The summed E-state index contributed by atoms with van der Waals surface area (Å²) in [6.07, 6.45) is 0. The van der Waals surface area contributed by atoms with Gasteiger partial charge in [0.05, 0.1) is 21.1 Å². The molecule has 6 heteroatoms. The lowest BCUT2D eigenvalue weighted by molar-refractivity contribution is 0.0516. The molecule has 1 aromatic rings. The van der Waals surface area contributed by atoms with E-state index in [1.54, 1.807) is 18.2 Å². The molecular weight excluding hydrogens is 282 g/mol. The fourth-order valence-electron chi connectivity index (χ4n) is 1.28. The second-order valence-corrected chi connectivity index (χ2v) is 5.48. The van der Waals surface area contributed by atoms with Crippen molar-refractivity contribution in [2.75, 3.05) is 0 Å². The lowest BCUT2D eigenvalue weighted by Crippen LogP contribution is -2.50. The Morgan fingerprint density at radius 1 is 1.24 bits per heavy atom. The first-order valence-corrected chi connectivity index (χ1v) is 6.07. The van der Waals surface area contributed by atoms with Gasteiger partial charge in [0.1, 0.15) is 0 Å². The minimum atomic E-state index is -0.499. The van der Waals surface area contributed by atoms with Gasteiger partial charge in [-0.15, -0.1) is 4.94 Å². The summed E-state index contributed by atoms with van der Waals surface area (Å²) in [6.45, 7) is 5.51. The molecule has 0 aromatic heterocycles. The van der Waals surface area contributed by atoms with Crippen molar-refractivity contribution < 1.29 is 4.79 Å². The van der Waals surface area contributed by atoms with Crippen LogP contribution in [0.2, 0.25) is 10.0 Å². The summed E-state index contributed by atoms with van der Waals surface area (Å²) < 4.78 is 0. The maximum Gasteiger partial charge on any atom is 0.272 e. The number of rotatable bonds is 2. The fourth-order valence-corrected chi connectivity index (χ4v) is 2.17. The standard InChI is InChI=1S/C11H13Cl3N2O/c1-11(2,3)16(15-14)10(17)9-7(12)5-4-6-8(9)13/h4-6,15H,1-3H3. The second kappa shape index (κ2) is 5.44. The Bertz CT molecular complexity index is 409. The highest BCUT2D eigenvalue weighted by molar-refractivity contribution is 6.39. The van der Waals surface area contributed by atoms with Crippen LogP contribution in [0.4, 0.5) is 0 Å². The van der Waals surface area contributed by atoms with Crippen LogP contribution in [0, 0.1) is 0 Å². The van der Waals surface area contributed by atoms with Gasteiger partial charge in [-0.1, -0.05) is 29.3 Å². The van der Waals surface area contributed by atoms with Crippen molar-refractivity contribution in [3.8, 4) is 0 Å². The van der Waals surface area contributed by atoms with Crippen molar-refractivity contribution in [2.24, 2.45) is 0 Å². The number of carbonyl (C=O) groups is 1. The van der Waals surface area contributed by atoms with Gasteiger partial charge >= 0.3 is 0 Å². The zero-order valence-electron chi connectivity index (χ0n) is 9.72. The Morgan fingerprint density at radius 3 is 2.06 bits per heavy atom. The van der Waals surface area contributed by atoms with Crippen LogP contribution in [0.5, 0.6) is 0 Å². The van der Waals surface area contributed by atoms with Gasteiger partial charge in [-0.2, -0.15) is 0 Å². The van der Waals surface area contributed by atoms with E-state index in [0.29, 0.717) is 10.0 Å². The van der Waals surface area contributed by atoms with Crippen molar-refractivity contribution in [1.29, 1.82) is 0 Å². The van der Waals surface area contributed by atoms with E-state index in [1.807, 2.05) is 20.8 Å². The largest absolute Gasteiger partial charge is 0.272 e. The third kappa shape index (κ3) is 3.26. The van der Waals surface area contributed by atoms with Crippen LogP contribution in [0.1, 0.15) is 31.1 Å². The minimum Gasteiger partial charge on any atom is -0.267 e. The Hall–Kier alpha value is -0.480. The Kier molecular flexibility index (Phi) is 4.67. The van der Waals surface area contributed by atoms with E-state index in [-0.39, 0.29) is 11.5 Å². The van der Waals surface area contributed by atoms with Crippen LogP contribution in [-0.2, 0) is 0 Å². The van der Waals surface area contributed by atoms with Crippen LogP contribution in [0.3, 0.4) is 0 Å². The summed E-state index contributed by atoms with van der Waals surface area (Å²) in [4.78, 5) is 14.6. The molecule has 3 nitrogen and oxygen atoms in total. The topological polar surface area (TPSA) is 32.3 Å². The second-order valence-electron chi connectivity index (χ2n) is 4.49. The number of amides is 1. The predicted molar refractivity (Wildman–Crippen MR) is 71.4 cm³/mol. The molecule has 1 amide bonds. The average molecular weight is 296 g/mol. The molecule has 0 aliphatic carbocycles. The number of hydrazine groups is 1. The highest BCUT2D eigenvalue weighted by atomic mass is 35.5. The van der Waals surface area contributed by atoms with Crippen LogP contribution in [0.25, 0.3) is 0 Å². The lowest BCUT2D eigenvalue weighted by atomic mass is 10.1. The molecule has 0 heterocycles. The third-order valence-corrected chi connectivity index (χ3v) is 2.93. The monoisotopic (exact) mass is 294 g/mol. The van der Waals surface area contributed by atoms with Crippen molar-refractivity contribution in [3.63, 3.8) is 0 Å². The van der Waals surface area contributed by atoms with Gasteiger partial charge in [0.15, 0.2) is 0 Å². The normalized spacial score (nSPS) is 11.4. The number of nitrogens with zero attached hydrogens (tertiary/aromatic N) is 1. The van der Waals surface area contributed by atoms with Gasteiger partial charge in [-0.3, -0.25) is 9.80 Å². The van der Waals surface area contributed by atoms with Crippen LogP contribution in [0.15, 0.2) is 18.2 Å². The van der Waals surface area contributed by atoms with E-state index in [1.165, 1.54) is 5.01 Å². The van der Waals surface area contributed by atoms with E-state index in [4.69, 9.17) is 35.0 Å². The highest BCUT2D eigenvalue weighted by Crippen LogP contribution is 2.27. The first kappa shape index (κ1) is 14.6. The number of carbonyl (C=O) groups excluding carboxylic acids is 1. The first-order chi connectivity index (χ1) is 7.79. The molecule has 0 fully saturated rings. The van der Waals surface area contributed by atoms with Gasteiger partial charge in [0.25, 0.3) is 5.91 Å². The molecule has 1 rings (SSSR count). The number of hydrogen-bond acceptors (Lipinski definition) is 2. The first-order valence-electron chi connectivity index (χ1n) is 4.94. The molecule has 0 radical (unpaired) electrons. The van der Waals surface area contributed by atoms with E-state index in [0.717, 1.165) is 0 Å². The molecule has 0 atom stereocenters. The van der Waals surface area contributed by atoms with Gasteiger partial charge in [-0.05, 0) is 44.7 Å². The molecule has 94 valence electrons. The van der Waals surface area contributed by atoms with E-state index in [2.05, 4.69) is 4.94 Å². The van der Waals surface area contributed by atoms with E-state index >= 15 is 0 Å². The predicted octanol–water partition coefficient (Wildman–Crippen LogP) is 3.89. The molecule has 0 unspecified atom stereocenters. The fraction of sp³-hybridized carbons (Fsp3) is 0.364. The summed E-state index contributed by atoms with van der Waals surface area (Å²) in [5.41, 5.74) is -0.264. The maximum absolute atomic E-state index is 12.3. The van der Waals surface area contributed by atoms with Gasteiger partial charge in [0.2, 0.25) is 0 Å². The number of hydrogen-bond donors (Lipinski definition) is 1. The molecule has 0 saturated carbocycles. The van der Waals surface area contributed by atoms with Gasteiger partial charge < -0.3 is 0 Å². The van der Waals surface area contributed by atoms with Crippen LogP contribution < -0.4 is 4.94 Å². The lowest BCUT2D eigenvalue weighted by Gasteiger charge is -2.33. The number of nitrogens with one attached hydrogen (secondary N) is 1. The molecule has 1 N–H and O–H groups in total. The summed E-state index contributed by atoms with van der Waals surface area (Å²) in [7, 11) is 0. The van der Waals surface area contributed by atoms with Crippen molar-refractivity contribution in [2.45, 2.75) is 26.3 Å². The van der Waals surface area contributed by atoms with Crippen molar-refractivity contribution in [3.05, 3.63) is 33.8 Å². The highest BCUT2D eigenvalue weighted by Gasteiger charge is 2.29. The molecule has 1 aromatic carbocycles. The Morgan fingerprint density at radius 2 is 1.71 bits per heavy atom. The summed E-state index contributed by atoms with van der Waals surface area (Å²) in [5.74, 6) is -0.372. The number of halogens is 3. The Labute approximate surface area is 116 Å². The molecule has 0 aliphatic heterocycles. The average Bonchev–Trinajstić information content (AvgIpc) is 2.15. The van der Waals surface area contributed by atoms with Crippen molar-refractivity contribution >= 4 is 40.9 Å². The zero-order valence-corrected chi connectivity index (χ0v) is 12.0. The van der Waals surface area contributed by atoms with E-state index < -0.39 is 5.54 Å². The molecule has 0 saturated heterocycles. The summed E-state index contributed by atoms with van der Waals surface area (Å²) in [6, 6.07) is 4.89. The zero-order chi connectivity index (χ0) is 13.2. The summed E-state index contributed by atoms with van der Waals surface area (Å²) >= 11 is 17.5. The quantitative estimate of drug-likeness (QED) is 0.663. The van der Waals surface area contributed by atoms with Gasteiger partial charge in [0, 0.05) is 0 Å². The third-order valence-electron chi connectivity index (χ3n) is 2.14. The summed E-state index contributed by atoms with van der Waals surface area (Å²) in [5, 5.41) is 1.86. The van der Waals surface area contributed by atoms with Crippen molar-refractivity contribution in [1.82, 2.24) is 9.95 Å². The molecular formula is C11H13Cl3N2O. The SMILES string of the molecule is CC(C)(C)N(NCl)C(=O)c1c(Cl)cccc1Cl. The number of benzene rings is 1. The molecule has 17 heavy (non-hydrogen) atoms. The Balaban J connectivity index is 3.20. The van der Waals surface area contributed by atoms with Crippen LogP contribution in [-0.4, -0.2) is 16.5 Å². The molecule has 0 spiro atoms. The minimum absolute atomic E-state index is 0.235. The van der Waals surface area contributed by atoms with Gasteiger partial charge in [-0.25, -0.2) is 0 Å². The van der Waals surface area contributed by atoms with Crippen LogP contribution >= 0.6 is 35.0 Å².